The van der Waals surface area contributed by atoms with Crippen LogP contribution in [0.3, 0.4) is 0 Å². The number of amides is 1. The third-order valence-electron chi connectivity index (χ3n) is 4.86. The van der Waals surface area contributed by atoms with Crippen molar-refractivity contribution in [2.24, 2.45) is 0 Å². The Hall–Kier alpha value is -3.61. The van der Waals surface area contributed by atoms with Crippen LogP contribution in [0.4, 0.5) is 20.2 Å². The summed E-state index contributed by atoms with van der Waals surface area (Å²) in [6.07, 6.45) is -3.68. The average Bonchev–Trinajstić information content (AvgIpc) is 3.34. The zero-order chi connectivity index (χ0) is 27.3. The van der Waals surface area contributed by atoms with E-state index in [0.717, 1.165) is 0 Å². The van der Waals surface area contributed by atoms with Gasteiger partial charge in [0.25, 0.3) is 0 Å². The summed E-state index contributed by atoms with van der Waals surface area (Å²) in [6, 6.07) is 3.41. The number of fused-ring (bicyclic) bond motifs is 1. The number of hydrogen-bond acceptors (Lipinski definition) is 11. The Kier molecular flexibility index (Phi) is 8.79. The molecule has 3 atom stereocenters. The lowest BCUT2D eigenvalue weighted by Crippen LogP contribution is -2.28. The topological polar surface area (TPSA) is 149 Å². The Morgan fingerprint density at radius 1 is 1.11 bits per heavy atom. The zero-order valence-electron chi connectivity index (χ0n) is 22.0. The molecule has 1 saturated heterocycles. The van der Waals surface area contributed by atoms with Crippen LogP contribution in [0.25, 0.3) is 5.52 Å². The summed E-state index contributed by atoms with van der Waals surface area (Å²) in [5.41, 5.74) is 0.307. The number of carbonyl (C=O) groups excluding carboxylic acids is 3. The highest BCUT2D eigenvalue weighted by atomic mass is 16.7. The fourth-order valence-electron chi connectivity index (χ4n) is 3.61. The molecule has 1 fully saturated rings. The summed E-state index contributed by atoms with van der Waals surface area (Å²) >= 11 is 0. The van der Waals surface area contributed by atoms with Gasteiger partial charge in [0.05, 0.1) is 24.0 Å². The fraction of sp³-hybridized carbons (Fsp3) is 0.625. The molecule has 1 aliphatic rings. The van der Waals surface area contributed by atoms with E-state index in [0.29, 0.717) is 11.2 Å². The van der Waals surface area contributed by atoms with Crippen LogP contribution >= 0.6 is 0 Å². The molecule has 0 bridgehead atoms. The van der Waals surface area contributed by atoms with E-state index < -0.39 is 42.3 Å². The van der Waals surface area contributed by atoms with Gasteiger partial charge in [-0.05, 0) is 60.6 Å². The monoisotopic (exact) mass is 522 g/mol. The van der Waals surface area contributed by atoms with Gasteiger partial charge in [0.2, 0.25) is 0 Å². The molecule has 2 aromatic rings. The van der Waals surface area contributed by atoms with Gasteiger partial charge < -0.3 is 28.4 Å². The molecular weight excluding hydrogens is 488 g/mol. The van der Waals surface area contributed by atoms with Crippen LogP contribution in [-0.4, -0.2) is 69.6 Å². The van der Waals surface area contributed by atoms with E-state index in [1.54, 1.807) is 60.6 Å². The van der Waals surface area contributed by atoms with Crippen LogP contribution < -0.4 is 5.32 Å². The minimum absolute atomic E-state index is 0.106. The second kappa shape index (κ2) is 11.6. The van der Waals surface area contributed by atoms with E-state index in [-0.39, 0.29) is 31.1 Å². The van der Waals surface area contributed by atoms with Crippen molar-refractivity contribution < 1.29 is 42.8 Å². The summed E-state index contributed by atoms with van der Waals surface area (Å²) in [4.78, 5) is 40.5. The van der Waals surface area contributed by atoms with E-state index in [1.807, 2.05) is 0 Å². The van der Waals surface area contributed by atoms with Crippen LogP contribution in [0.15, 0.2) is 18.5 Å². The van der Waals surface area contributed by atoms with Crippen molar-refractivity contribution >= 4 is 29.7 Å². The molecule has 1 aliphatic heterocycles. The third kappa shape index (κ3) is 7.94. The Morgan fingerprint density at radius 2 is 1.78 bits per heavy atom. The second-order valence-electron chi connectivity index (χ2n) is 10.0. The number of anilines is 1. The average molecular weight is 523 g/mol. The molecule has 1 amide bonds. The summed E-state index contributed by atoms with van der Waals surface area (Å²) in [6.45, 7) is 12.0. The summed E-state index contributed by atoms with van der Waals surface area (Å²) < 4.78 is 33.8. The van der Waals surface area contributed by atoms with E-state index in [1.165, 1.54) is 10.8 Å². The van der Waals surface area contributed by atoms with Crippen molar-refractivity contribution in [1.82, 2.24) is 14.6 Å². The normalized spacial score (nSPS) is 19.6. The van der Waals surface area contributed by atoms with Crippen molar-refractivity contribution in [3.63, 3.8) is 0 Å². The van der Waals surface area contributed by atoms with Crippen molar-refractivity contribution in [2.45, 2.75) is 91.0 Å². The highest BCUT2D eigenvalue weighted by Gasteiger charge is 2.42. The molecule has 204 valence electrons. The molecule has 0 aromatic carbocycles. The lowest BCUT2D eigenvalue weighted by molar-refractivity contribution is -0.0457. The van der Waals surface area contributed by atoms with E-state index in [2.05, 4.69) is 15.4 Å². The number of carbonyl (C=O) groups is 3. The lowest BCUT2D eigenvalue weighted by Gasteiger charge is -2.20. The van der Waals surface area contributed by atoms with Gasteiger partial charge in [0, 0.05) is 6.42 Å². The fourth-order valence-corrected chi connectivity index (χ4v) is 3.61. The SMILES string of the molecule is CC(C)OC(=O)OC[C@@H]1C[C@@H](OC(=O)OC(C)C)[C@H](c2ccc3c(NC(=O)OC(C)(C)C)ncnn23)O1. The number of hydrogen-bond donors (Lipinski definition) is 1. The predicted molar refractivity (Wildman–Crippen MR) is 129 cm³/mol. The van der Waals surface area contributed by atoms with E-state index in [4.69, 9.17) is 28.4 Å². The van der Waals surface area contributed by atoms with Crippen molar-refractivity contribution in [1.29, 1.82) is 0 Å². The van der Waals surface area contributed by atoms with Gasteiger partial charge in [0.15, 0.2) is 5.82 Å². The van der Waals surface area contributed by atoms with Gasteiger partial charge in [0.1, 0.15) is 36.3 Å². The van der Waals surface area contributed by atoms with Crippen LogP contribution in [0.5, 0.6) is 0 Å². The zero-order valence-corrected chi connectivity index (χ0v) is 22.0. The minimum Gasteiger partial charge on any atom is -0.444 e. The highest BCUT2D eigenvalue weighted by molar-refractivity contribution is 5.88. The minimum atomic E-state index is -0.850. The molecule has 0 aliphatic carbocycles. The van der Waals surface area contributed by atoms with E-state index >= 15 is 0 Å². The maximum atomic E-state index is 12.3. The summed E-state index contributed by atoms with van der Waals surface area (Å²) in [5.74, 6) is 0.224. The standard InChI is InChI=1S/C24H34N4O9/c1-13(2)33-22(30)32-11-15-10-18(36-23(31)34-14(3)4)19(35-15)16-8-9-17-20(25-12-26-28(16)17)27-21(29)37-24(5,6)7/h8-9,12-15,18-19H,10-11H2,1-7H3,(H,25,26,27,29)/t15-,18+,19-/m0/s1. The van der Waals surface area contributed by atoms with Crippen molar-refractivity contribution in [3.05, 3.63) is 24.2 Å². The Labute approximate surface area is 214 Å². The van der Waals surface area contributed by atoms with Crippen molar-refractivity contribution in [2.75, 3.05) is 11.9 Å². The molecule has 0 spiro atoms. The number of nitrogens with one attached hydrogen (secondary N) is 1. The molecule has 3 rings (SSSR count). The maximum absolute atomic E-state index is 12.3. The van der Waals surface area contributed by atoms with Crippen LogP contribution in [0.1, 0.15) is 66.7 Å². The highest BCUT2D eigenvalue weighted by Crippen LogP contribution is 2.37. The van der Waals surface area contributed by atoms with Gasteiger partial charge in [-0.3, -0.25) is 5.32 Å². The molecule has 13 nitrogen and oxygen atoms in total. The Morgan fingerprint density at radius 3 is 2.43 bits per heavy atom. The number of ether oxygens (including phenoxy) is 6. The molecule has 0 unspecified atom stereocenters. The third-order valence-corrected chi connectivity index (χ3v) is 4.86. The van der Waals surface area contributed by atoms with Gasteiger partial charge in [-0.25, -0.2) is 23.9 Å². The van der Waals surface area contributed by atoms with Gasteiger partial charge in [-0.2, -0.15) is 5.10 Å². The first-order valence-electron chi connectivity index (χ1n) is 12.0. The van der Waals surface area contributed by atoms with Gasteiger partial charge in [-0.1, -0.05) is 0 Å². The summed E-state index contributed by atoms with van der Waals surface area (Å²) in [5, 5.41) is 6.90. The van der Waals surface area contributed by atoms with Gasteiger partial charge >= 0.3 is 18.4 Å². The predicted octanol–water partition coefficient (Wildman–Crippen LogP) is 4.40. The van der Waals surface area contributed by atoms with Gasteiger partial charge in [-0.15, -0.1) is 0 Å². The number of aromatic nitrogens is 3. The lowest BCUT2D eigenvalue weighted by atomic mass is 10.1. The number of nitrogens with zero attached hydrogens (tertiary/aromatic N) is 3. The maximum Gasteiger partial charge on any atom is 0.508 e. The first-order valence-corrected chi connectivity index (χ1v) is 12.0. The molecule has 13 heteroatoms. The van der Waals surface area contributed by atoms with Crippen LogP contribution in [-0.2, 0) is 28.4 Å². The largest absolute Gasteiger partial charge is 0.508 e. The smallest absolute Gasteiger partial charge is 0.444 e. The van der Waals surface area contributed by atoms with Crippen LogP contribution in [0.2, 0.25) is 0 Å². The molecule has 0 saturated carbocycles. The number of rotatable bonds is 7. The molecular formula is C24H34N4O9. The summed E-state index contributed by atoms with van der Waals surface area (Å²) in [7, 11) is 0. The second-order valence-corrected chi connectivity index (χ2v) is 10.0. The molecule has 37 heavy (non-hydrogen) atoms. The van der Waals surface area contributed by atoms with Crippen LogP contribution in [0, 0.1) is 0 Å². The molecule has 1 N–H and O–H groups in total. The molecule has 0 radical (unpaired) electrons. The quantitative estimate of drug-likeness (QED) is 0.407. The first-order chi connectivity index (χ1) is 17.3. The van der Waals surface area contributed by atoms with Crippen molar-refractivity contribution in [3.8, 4) is 0 Å². The molecule has 3 heterocycles. The Balaban J connectivity index is 1.82. The van der Waals surface area contributed by atoms with E-state index in [9.17, 15) is 14.4 Å². The Bertz CT molecular complexity index is 1110. The molecule has 2 aromatic heterocycles. The first kappa shape index (κ1) is 28.0.